The average Bonchev–Trinajstić information content (AvgIpc) is 3.29. The first kappa shape index (κ1) is 19.0. The number of benzene rings is 1. The van der Waals surface area contributed by atoms with E-state index in [0.717, 1.165) is 35.4 Å². The van der Waals surface area contributed by atoms with Crippen LogP contribution in [0, 0.1) is 0 Å². The lowest BCUT2D eigenvalue weighted by Crippen LogP contribution is -2.31. The van der Waals surface area contributed by atoms with Crippen LogP contribution in [-0.2, 0) is 24.2 Å². The van der Waals surface area contributed by atoms with Crippen LogP contribution in [0.2, 0.25) is 10.2 Å². The molecule has 4 rings (SSSR count). The van der Waals surface area contributed by atoms with Crippen LogP contribution in [0.4, 0.5) is 0 Å². The number of nitrogens with one attached hydrogen (secondary N) is 1. The van der Waals surface area contributed by atoms with Crippen LogP contribution in [0.1, 0.15) is 47.9 Å². The Morgan fingerprint density at radius 1 is 1.29 bits per heavy atom. The highest BCUT2D eigenvalue weighted by Gasteiger charge is 2.25. The topological polar surface area (TPSA) is 73.0 Å². The van der Waals surface area contributed by atoms with Crippen LogP contribution in [0.25, 0.3) is 0 Å². The first-order valence-electron chi connectivity index (χ1n) is 9.28. The molecule has 0 aliphatic heterocycles. The number of fused-ring (bicyclic) bond motifs is 1. The minimum Gasteiger partial charge on any atom is -0.360 e. The van der Waals surface area contributed by atoms with E-state index < -0.39 is 0 Å². The SMILES string of the molecule is O=C(CCc1cc(Cl)no1)NC1CCCc2c1cnn2Cc1ccc(Cl)cc1. The second-order valence-electron chi connectivity index (χ2n) is 6.96. The van der Waals surface area contributed by atoms with Gasteiger partial charge in [-0.1, -0.05) is 40.5 Å². The lowest BCUT2D eigenvalue weighted by atomic mass is 9.92. The summed E-state index contributed by atoms with van der Waals surface area (Å²) in [6.45, 7) is 0.694. The number of aromatic nitrogens is 3. The van der Waals surface area contributed by atoms with E-state index in [2.05, 4.69) is 15.6 Å². The third-order valence-corrected chi connectivity index (χ3v) is 5.40. The van der Waals surface area contributed by atoms with Gasteiger partial charge >= 0.3 is 0 Å². The highest BCUT2D eigenvalue weighted by molar-refractivity contribution is 6.30. The smallest absolute Gasteiger partial charge is 0.220 e. The number of carbonyl (C=O) groups excluding carboxylic acids is 1. The summed E-state index contributed by atoms with van der Waals surface area (Å²) >= 11 is 11.7. The Hall–Kier alpha value is -2.31. The first-order valence-corrected chi connectivity index (χ1v) is 10.0. The van der Waals surface area contributed by atoms with E-state index in [1.54, 1.807) is 6.07 Å². The highest BCUT2D eigenvalue weighted by atomic mass is 35.5. The molecule has 1 unspecified atom stereocenters. The van der Waals surface area contributed by atoms with Crippen LogP contribution >= 0.6 is 23.2 Å². The van der Waals surface area contributed by atoms with Gasteiger partial charge in [-0.3, -0.25) is 9.48 Å². The lowest BCUT2D eigenvalue weighted by molar-refractivity contribution is -0.122. The van der Waals surface area contributed by atoms with E-state index in [1.165, 1.54) is 5.69 Å². The van der Waals surface area contributed by atoms with Crippen LogP contribution in [-0.4, -0.2) is 20.8 Å². The third-order valence-electron chi connectivity index (χ3n) is 4.97. The molecule has 1 N–H and O–H groups in total. The van der Waals surface area contributed by atoms with E-state index >= 15 is 0 Å². The summed E-state index contributed by atoms with van der Waals surface area (Å²) in [4.78, 5) is 12.4. The zero-order valence-electron chi connectivity index (χ0n) is 15.2. The fraction of sp³-hybridized carbons (Fsp3) is 0.350. The predicted octanol–water partition coefficient (Wildman–Crippen LogP) is 4.35. The number of rotatable bonds is 6. The predicted molar refractivity (Wildman–Crippen MR) is 106 cm³/mol. The van der Waals surface area contributed by atoms with Gasteiger partial charge in [-0.2, -0.15) is 5.10 Å². The molecule has 0 saturated heterocycles. The van der Waals surface area contributed by atoms with E-state index in [1.807, 2.05) is 35.1 Å². The molecule has 0 bridgehead atoms. The molecule has 2 aromatic heterocycles. The summed E-state index contributed by atoms with van der Waals surface area (Å²) < 4.78 is 7.07. The van der Waals surface area contributed by atoms with Gasteiger partial charge in [0.05, 0.1) is 18.8 Å². The summed E-state index contributed by atoms with van der Waals surface area (Å²) in [7, 11) is 0. The van der Waals surface area contributed by atoms with Gasteiger partial charge in [-0.05, 0) is 37.0 Å². The van der Waals surface area contributed by atoms with E-state index in [0.29, 0.717) is 30.3 Å². The highest BCUT2D eigenvalue weighted by Crippen LogP contribution is 2.30. The normalized spacial score (nSPS) is 16.0. The number of halogens is 2. The van der Waals surface area contributed by atoms with Gasteiger partial charge in [0.15, 0.2) is 5.15 Å². The van der Waals surface area contributed by atoms with Gasteiger partial charge in [-0.25, -0.2) is 0 Å². The zero-order valence-corrected chi connectivity index (χ0v) is 16.7. The molecule has 1 aliphatic rings. The Balaban J connectivity index is 1.40. The molecular weight excluding hydrogens is 399 g/mol. The number of aryl methyl sites for hydroxylation is 1. The molecule has 3 aromatic rings. The lowest BCUT2D eigenvalue weighted by Gasteiger charge is -2.24. The minimum atomic E-state index is -0.0178. The van der Waals surface area contributed by atoms with Gasteiger partial charge in [0, 0.05) is 35.2 Å². The van der Waals surface area contributed by atoms with Gasteiger partial charge in [0.2, 0.25) is 5.91 Å². The molecule has 1 amide bonds. The summed E-state index contributed by atoms with van der Waals surface area (Å²) in [5.74, 6) is 0.594. The number of hydrogen-bond donors (Lipinski definition) is 1. The summed E-state index contributed by atoms with van der Waals surface area (Å²) in [5, 5.41) is 12.3. The van der Waals surface area contributed by atoms with Crippen LogP contribution < -0.4 is 5.32 Å². The Kier molecular flexibility index (Phi) is 5.69. The summed E-state index contributed by atoms with van der Waals surface area (Å²) in [5.41, 5.74) is 3.44. The van der Waals surface area contributed by atoms with Crippen molar-refractivity contribution >= 4 is 29.1 Å². The van der Waals surface area contributed by atoms with Crippen molar-refractivity contribution in [1.29, 1.82) is 0 Å². The van der Waals surface area contributed by atoms with Crippen molar-refractivity contribution in [2.75, 3.05) is 0 Å². The summed E-state index contributed by atoms with van der Waals surface area (Å²) in [6.07, 6.45) is 5.58. The molecule has 0 saturated carbocycles. The molecule has 2 heterocycles. The van der Waals surface area contributed by atoms with Crippen molar-refractivity contribution in [3.8, 4) is 0 Å². The molecule has 1 aliphatic carbocycles. The quantitative estimate of drug-likeness (QED) is 0.645. The molecule has 8 heteroatoms. The van der Waals surface area contributed by atoms with Crippen LogP contribution in [0.15, 0.2) is 41.1 Å². The Morgan fingerprint density at radius 2 is 2.11 bits per heavy atom. The van der Waals surface area contributed by atoms with Crippen molar-refractivity contribution in [1.82, 2.24) is 20.3 Å². The number of nitrogens with zero attached hydrogens (tertiary/aromatic N) is 3. The van der Waals surface area contributed by atoms with E-state index in [-0.39, 0.29) is 11.9 Å². The van der Waals surface area contributed by atoms with Crippen molar-refractivity contribution < 1.29 is 9.32 Å². The van der Waals surface area contributed by atoms with Crippen LogP contribution in [0.3, 0.4) is 0 Å². The minimum absolute atomic E-state index is 0.00599. The Labute approximate surface area is 172 Å². The molecule has 146 valence electrons. The number of amides is 1. The van der Waals surface area contributed by atoms with E-state index in [9.17, 15) is 4.79 Å². The zero-order chi connectivity index (χ0) is 19.5. The maximum absolute atomic E-state index is 12.4. The fourth-order valence-electron chi connectivity index (χ4n) is 3.58. The molecule has 1 atom stereocenters. The molecule has 6 nitrogen and oxygen atoms in total. The number of hydrogen-bond acceptors (Lipinski definition) is 4. The largest absolute Gasteiger partial charge is 0.360 e. The molecule has 0 fully saturated rings. The maximum atomic E-state index is 12.4. The van der Waals surface area contributed by atoms with Crippen molar-refractivity contribution in [2.45, 2.75) is 44.7 Å². The molecule has 1 aromatic carbocycles. The Morgan fingerprint density at radius 3 is 2.86 bits per heavy atom. The maximum Gasteiger partial charge on any atom is 0.220 e. The fourth-order valence-corrected chi connectivity index (χ4v) is 3.86. The van der Waals surface area contributed by atoms with Crippen molar-refractivity contribution in [3.05, 3.63) is 69.3 Å². The molecule has 0 radical (unpaired) electrons. The summed E-state index contributed by atoms with van der Waals surface area (Å²) in [6, 6.07) is 9.42. The third kappa shape index (κ3) is 4.39. The van der Waals surface area contributed by atoms with Gasteiger partial charge in [-0.15, -0.1) is 0 Å². The van der Waals surface area contributed by atoms with Crippen molar-refractivity contribution in [3.63, 3.8) is 0 Å². The van der Waals surface area contributed by atoms with Gasteiger partial charge < -0.3 is 9.84 Å². The molecular formula is C20H20Cl2N4O2. The number of carbonyl (C=O) groups is 1. The van der Waals surface area contributed by atoms with Crippen LogP contribution in [0.5, 0.6) is 0 Å². The van der Waals surface area contributed by atoms with Gasteiger partial charge in [0.25, 0.3) is 0 Å². The molecule has 0 spiro atoms. The second kappa shape index (κ2) is 8.37. The Bertz CT molecular complexity index is 965. The standard InChI is InChI=1S/C20H20Cl2N4O2/c21-14-6-4-13(5-7-14)12-26-18-3-1-2-17(16(18)11-23-26)24-20(27)9-8-15-10-19(22)25-28-15/h4-7,10-11,17H,1-3,8-9,12H2,(H,24,27). The molecule has 28 heavy (non-hydrogen) atoms. The monoisotopic (exact) mass is 418 g/mol. The van der Waals surface area contributed by atoms with E-state index in [4.69, 9.17) is 27.7 Å². The van der Waals surface area contributed by atoms with Gasteiger partial charge in [0.1, 0.15) is 5.76 Å². The average molecular weight is 419 g/mol. The second-order valence-corrected chi connectivity index (χ2v) is 7.78. The first-order chi connectivity index (χ1) is 13.6. The van der Waals surface area contributed by atoms with Crippen molar-refractivity contribution in [2.24, 2.45) is 0 Å².